The van der Waals surface area contributed by atoms with Crippen LogP contribution in [0.25, 0.3) is 0 Å². The molecule has 1 aromatic carbocycles. The van der Waals surface area contributed by atoms with Crippen LogP contribution in [0, 0.1) is 11.6 Å². The first-order valence-corrected chi connectivity index (χ1v) is 7.24. The number of β-amino-alcohol motifs (C(OH)–C–C–N with tert-alkyl or cyclic N) is 1. The molecule has 23 heavy (non-hydrogen) atoms. The Balaban J connectivity index is 1.77. The minimum atomic E-state index is -0.897. The van der Waals surface area contributed by atoms with Crippen LogP contribution in [-0.2, 0) is 17.9 Å². The molecular formula is C15H17F2N3O3. The molecule has 0 radical (unpaired) electrons. The van der Waals surface area contributed by atoms with Gasteiger partial charge in [0.15, 0.2) is 17.5 Å². The van der Waals surface area contributed by atoms with Gasteiger partial charge in [0, 0.05) is 19.7 Å². The van der Waals surface area contributed by atoms with E-state index < -0.39 is 17.7 Å². The topological polar surface area (TPSA) is 71.6 Å². The van der Waals surface area contributed by atoms with Crippen molar-refractivity contribution in [3.63, 3.8) is 0 Å². The summed E-state index contributed by atoms with van der Waals surface area (Å²) < 4.78 is 36.5. The van der Waals surface area contributed by atoms with E-state index in [-0.39, 0.29) is 12.6 Å². The highest BCUT2D eigenvalue weighted by Gasteiger charge is 2.33. The second kappa shape index (κ2) is 6.69. The number of halogens is 2. The van der Waals surface area contributed by atoms with Gasteiger partial charge >= 0.3 is 0 Å². The summed E-state index contributed by atoms with van der Waals surface area (Å²) in [5.74, 6) is -0.961. The Bertz CT molecular complexity index is 680. The van der Waals surface area contributed by atoms with Crippen molar-refractivity contribution in [2.75, 3.05) is 13.7 Å². The number of benzene rings is 1. The highest BCUT2D eigenvalue weighted by atomic mass is 19.2. The standard InChI is InChI=1S/C15H17F2N3O3/c1-22-8-15-18-14(19-23-15)7-20-6-10(21)5-13(20)9-2-3-11(16)12(17)4-9/h2-4,10,13,21H,5-8H2,1H3/t10-,13+/m0/s1. The molecule has 2 heterocycles. The van der Waals surface area contributed by atoms with Gasteiger partial charge < -0.3 is 14.4 Å². The summed E-state index contributed by atoms with van der Waals surface area (Å²) in [6.07, 6.45) is -0.105. The molecular weight excluding hydrogens is 308 g/mol. The van der Waals surface area contributed by atoms with Gasteiger partial charge in [0.25, 0.3) is 5.89 Å². The maximum absolute atomic E-state index is 13.5. The monoisotopic (exact) mass is 325 g/mol. The van der Waals surface area contributed by atoms with Crippen LogP contribution < -0.4 is 0 Å². The number of aliphatic hydroxyl groups excluding tert-OH is 1. The van der Waals surface area contributed by atoms with Gasteiger partial charge in [0.1, 0.15) is 6.61 Å². The van der Waals surface area contributed by atoms with Crippen LogP contribution >= 0.6 is 0 Å². The van der Waals surface area contributed by atoms with Crippen molar-refractivity contribution < 1.29 is 23.1 Å². The average Bonchev–Trinajstić information content (AvgIpc) is 3.09. The first-order valence-electron chi connectivity index (χ1n) is 7.24. The number of likely N-dealkylation sites (tertiary alicyclic amines) is 1. The number of aromatic nitrogens is 2. The average molecular weight is 325 g/mol. The third-order valence-electron chi connectivity index (χ3n) is 3.83. The molecule has 8 heteroatoms. The summed E-state index contributed by atoms with van der Waals surface area (Å²) in [6, 6.07) is 3.56. The Morgan fingerprint density at radius 3 is 2.96 bits per heavy atom. The lowest BCUT2D eigenvalue weighted by molar-refractivity contribution is 0.151. The Hall–Kier alpha value is -1.90. The van der Waals surface area contributed by atoms with Crippen molar-refractivity contribution in [1.82, 2.24) is 15.0 Å². The molecule has 0 aliphatic carbocycles. The van der Waals surface area contributed by atoms with Gasteiger partial charge in [-0.25, -0.2) is 8.78 Å². The predicted octanol–water partition coefficient (Wildman–Crippen LogP) is 1.80. The molecule has 0 saturated carbocycles. The summed E-state index contributed by atoms with van der Waals surface area (Å²) in [4.78, 5) is 6.10. The fourth-order valence-electron chi connectivity index (χ4n) is 2.84. The summed E-state index contributed by atoms with van der Waals surface area (Å²) >= 11 is 0. The number of nitrogens with zero attached hydrogens (tertiary/aromatic N) is 3. The van der Waals surface area contributed by atoms with Crippen LogP contribution in [-0.4, -0.2) is 39.9 Å². The number of methoxy groups -OCH3 is 1. The molecule has 124 valence electrons. The van der Waals surface area contributed by atoms with E-state index in [4.69, 9.17) is 9.26 Å². The van der Waals surface area contributed by atoms with Gasteiger partial charge in [-0.15, -0.1) is 0 Å². The van der Waals surface area contributed by atoms with E-state index in [1.807, 2.05) is 4.90 Å². The minimum absolute atomic E-state index is 0.224. The molecule has 1 aliphatic rings. The largest absolute Gasteiger partial charge is 0.392 e. The van der Waals surface area contributed by atoms with Crippen LogP contribution in [0.2, 0.25) is 0 Å². The first-order chi connectivity index (χ1) is 11.1. The SMILES string of the molecule is COCc1nc(CN2C[C@@H](O)C[C@@H]2c2ccc(F)c(F)c2)no1. The highest BCUT2D eigenvalue weighted by molar-refractivity contribution is 5.23. The lowest BCUT2D eigenvalue weighted by Gasteiger charge is -2.23. The third-order valence-corrected chi connectivity index (χ3v) is 3.83. The number of hydrogen-bond donors (Lipinski definition) is 1. The molecule has 0 amide bonds. The zero-order valence-corrected chi connectivity index (χ0v) is 12.6. The Morgan fingerprint density at radius 1 is 1.39 bits per heavy atom. The quantitative estimate of drug-likeness (QED) is 0.904. The summed E-state index contributed by atoms with van der Waals surface area (Å²) in [6.45, 7) is 0.966. The van der Waals surface area contributed by atoms with E-state index in [0.29, 0.717) is 36.8 Å². The van der Waals surface area contributed by atoms with Gasteiger partial charge in [-0.05, 0) is 24.1 Å². The van der Waals surface area contributed by atoms with Crippen LogP contribution in [0.3, 0.4) is 0 Å². The Morgan fingerprint density at radius 2 is 2.22 bits per heavy atom. The van der Waals surface area contributed by atoms with Gasteiger partial charge in [-0.3, -0.25) is 4.90 Å². The third kappa shape index (κ3) is 3.54. The predicted molar refractivity (Wildman–Crippen MR) is 75.1 cm³/mol. The number of ether oxygens (including phenoxy) is 1. The molecule has 3 rings (SSSR count). The Kier molecular flexibility index (Phi) is 4.65. The lowest BCUT2D eigenvalue weighted by Crippen LogP contribution is -2.25. The smallest absolute Gasteiger partial charge is 0.252 e. The molecule has 0 bridgehead atoms. The minimum Gasteiger partial charge on any atom is -0.392 e. The molecule has 1 N–H and O–H groups in total. The molecule has 6 nitrogen and oxygen atoms in total. The Labute approximate surface area is 131 Å². The van der Waals surface area contributed by atoms with Gasteiger partial charge in [0.2, 0.25) is 0 Å². The van der Waals surface area contributed by atoms with E-state index in [2.05, 4.69) is 10.1 Å². The van der Waals surface area contributed by atoms with Gasteiger partial charge in [-0.2, -0.15) is 4.98 Å². The molecule has 2 atom stereocenters. The maximum Gasteiger partial charge on any atom is 0.252 e. The van der Waals surface area contributed by atoms with Crippen molar-refractivity contribution in [2.24, 2.45) is 0 Å². The van der Waals surface area contributed by atoms with Crippen molar-refractivity contribution in [3.05, 3.63) is 47.1 Å². The van der Waals surface area contributed by atoms with Crippen molar-refractivity contribution in [2.45, 2.75) is 31.7 Å². The van der Waals surface area contributed by atoms with Crippen LogP contribution in [0.1, 0.15) is 29.7 Å². The summed E-state index contributed by atoms with van der Waals surface area (Å²) in [5, 5.41) is 13.8. The molecule has 0 unspecified atom stereocenters. The van der Waals surface area contributed by atoms with Crippen molar-refractivity contribution in [3.8, 4) is 0 Å². The second-order valence-corrected chi connectivity index (χ2v) is 5.55. The number of hydrogen-bond acceptors (Lipinski definition) is 6. The normalized spacial score (nSPS) is 21.9. The van der Waals surface area contributed by atoms with Gasteiger partial charge in [0.05, 0.1) is 12.6 Å². The van der Waals surface area contributed by atoms with E-state index in [1.54, 1.807) is 0 Å². The van der Waals surface area contributed by atoms with Crippen LogP contribution in [0.4, 0.5) is 8.78 Å². The van der Waals surface area contributed by atoms with E-state index in [9.17, 15) is 13.9 Å². The van der Waals surface area contributed by atoms with Gasteiger partial charge in [-0.1, -0.05) is 11.2 Å². The second-order valence-electron chi connectivity index (χ2n) is 5.55. The van der Waals surface area contributed by atoms with Crippen molar-refractivity contribution >= 4 is 0 Å². The van der Waals surface area contributed by atoms with Crippen molar-refractivity contribution in [1.29, 1.82) is 0 Å². The molecule has 1 fully saturated rings. The van der Waals surface area contributed by atoms with E-state index in [0.717, 1.165) is 12.1 Å². The molecule has 0 spiro atoms. The number of aliphatic hydroxyl groups is 1. The zero-order chi connectivity index (χ0) is 16.4. The maximum atomic E-state index is 13.5. The zero-order valence-electron chi connectivity index (χ0n) is 12.6. The molecule has 1 aromatic heterocycles. The van der Waals surface area contributed by atoms with Crippen LogP contribution in [0.5, 0.6) is 0 Å². The molecule has 1 saturated heterocycles. The lowest BCUT2D eigenvalue weighted by atomic mass is 10.0. The number of rotatable bonds is 5. The first kappa shape index (κ1) is 16.0. The fourth-order valence-corrected chi connectivity index (χ4v) is 2.84. The fraction of sp³-hybridized carbons (Fsp3) is 0.467. The molecule has 2 aromatic rings. The van der Waals surface area contributed by atoms with E-state index >= 15 is 0 Å². The summed E-state index contributed by atoms with van der Waals surface area (Å²) in [7, 11) is 1.53. The highest BCUT2D eigenvalue weighted by Crippen LogP contribution is 2.33. The van der Waals surface area contributed by atoms with Crippen LogP contribution in [0.15, 0.2) is 22.7 Å². The summed E-state index contributed by atoms with van der Waals surface area (Å²) in [5.41, 5.74) is 0.612. The van der Waals surface area contributed by atoms with E-state index in [1.165, 1.54) is 13.2 Å². The molecule has 1 aliphatic heterocycles.